The summed E-state index contributed by atoms with van der Waals surface area (Å²) in [5, 5.41) is 3.68. The van der Waals surface area contributed by atoms with Crippen LogP contribution in [-0.4, -0.2) is 33.9 Å². The van der Waals surface area contributed by atoms with E-state index in [4.69, 9.17) is 16.3 Å². The molecule has 0 spiro atoms. The van der Waals surface area contributed by atoms with Crippen molar-refractivity contribution in [1.29, 1.82) is 0 Å². The Morgan fingerprint density at radius 3 is 2.71 bits per heavy atom. The maximum atomic E-state index is 11.8. The normalized spacial score (nSPS) is 16.5. The van der Waals surface area contributed by atoms with E-state index >= 15 is 0 Å². The summed E-state index contributed by atoms with van der Waals surface area (Å²) in [5.41, 5.74) is 0.627. The Hall–Kier alpha value is -0.620. The Labute approximate surface area is 131 Å². The van der Waals surface area contributed by atoms with Gasteiger partial charge in [0.25, 0.3) is 0 Å². The predicted octanol–water partition coefficient (Wildman–Crippen LogP) is 2.79. The van der Waals surface area contributed by atoms with Crippen molar-refractivity contribution in [2.45, 2.75) is 43.2 Å². The second-order valence-electron chi connectivity index (χ2n) is 5.44. The van der Waals surface area contributed by atoms with E-state index in [0.29, 0.717) is 41.3 Å². The first kappa shape index (κ1) is 16.7. The van der Waals surface area contributed by atoms with E-state index in [2.05, 4.69) is 5.32 Å². The number of nitrogens with one attached hydrogen (secondary N) is 1. The number of benzene rings is 1. The number of hydrogen-bond acceptors (Lipinski definition) is 4. The molecule has 0 aliphatic heterocycles. The Balaban J connectivity index is 1.85. The average Bonchev–Trinajstić information content (AvgIpc) is 2.92. The third-order valence-corrected chi connectivity index (χ3v) is 5.25. The summed E-state index contributed by atoms with van der Waals surface area (Å²) in [4.78, 5) is 0.291. The summed E-state index contributed by atoms with van der Waals surface area (Å²) in [6.45, 7) is 1.75. The number of sulfone groups is 1. The van der Waals surface area contributed by atoms with Crippen LogP contribution in [0, 0.1) is 0 Å². The first-order chi connectivity index (χ1) is 9.98. The van der Waals surface area contributed by atoms with Gasteiger partial charge in [0, 0.05) is 29.9 Å². The van der Waals surface area contributed by atoms with Gasteiger partial charge in [0.2, 0.25) is 0 Å². The van der Waals surface area contributed by atoms with Gasteiger partial charge in [-0.05, 0) is 25.0 Å². The van der Waals surface area contributed by atoms with Gasteiger partial charge in [-0.3, -0.25) is 0 Å². The minimum absolute atomic E-state index is 0.291. The van der Waals surface area contributed by atoms with Crippen molar-refractivity contribution in [2.24, 2.45) is 0 Å². The molecule has 0 saturated heterocycles. The molecular weight excluding hydrogens is 310 g/mol. The van der Waals surface area contributed by atoms with Crippen LogP contribution in [0.4, 0.5) is 0 Å². The number of hydrogen-bond donors (Lipinski definition) is 1. The molecule has 1 N–H and O–H groups in total. The van der Waals surface area contributed by atoms with Gasteiger partial charge in [0.15, 0.2) is 9.84 Å². The van der Waals surface area contributed by atoms with Crippen molar-refractivity contribution in [3.8, 4) is 0 Å². The summed E-state index contributed by atoms with van der Waals surface area (Å²) < 4.78 is 29.3. The molecule has 0 radical (unpaired) electrons. The molecule has 0 atom stereocenters. The summed E-state index contributed by atoms with van der Waals surface area (Å²) >= 11 is 6.12. The van der Waals surface area contributed by atoms with Crippen LogP contribution < -0.4 is 5.32 Å². The minimum Gasteiger partial charge on any atom is -0.377 e. The Morgan fingerprint density at radius 2 is 2.05 bits per heavy atom. The maximum absolute atomic E-state index is 11.8. The minimum atomic E-state index is -3.27. The van der Waals surface area contributed by atoms with Gasteiger partial charge < -0.3 is 10.1 Å². The number of ether oxygens (including phenoxy) is 1. The summed E-state index contributed by atoms with van der Waals surface area (Å²) in [7, 11) is -3.27. The molecule has 1 aliphatic rings. The molecule has 118 valence electrons. The smallest absolute Gasteiger partial charge is 0.175 e. The summed E-state index contributed by atoms with van der Waals surface area (Å²) in [5.74, 6) is 0. The van der Waals surface area contributed by atoms with Gasteiger partial charge >= 0.3 is 0 Å². The lowest BCUT2D eigenvalue weighted by atomic mass is 10.2. The highest BCUT2D eigenvalue weighted by Gasteiger charge is 2.16. The van der Waals surface area contributed by atoms with Crippen LogP contribution in [0.1, 0.15) is 31.2 Å². The van der Waals surface area contributed by atoms with E-state index in [1.165, 1.54) is 19.1 Å². The molecule has 21 heavy (non-hydrogen) atoms. The largest absolute Gasteiger partial charge is 0.377 e. The fourth-order valence-corrected chi connectivity index (χ4v) is 3.88. The van der Waals surface area contributed by atoms with E-state index in [-0.39, 0.29) is 0 Å². The topological polar surface area (TPSA) is 55.4 Å². The molecule has 4 nitrogen and oxygen atoms in total. The van der Waals surface area contributed by atoms with Gasteiger partial charge in [-0.25, -0.2) is 8.42 Å². The molecule has 1 aromatic rings. The Morgan fingerprint density at radius 1 is 1.33 bits per heavy atom. The third-order valence-electron chi connectivity index (χ3n) is 3.71. The van der Waals surface area contributed by atoms with E-state index in [9.17, 15) is 8.42 Å². The second kappa shape index (κ2) is 7.58. The van der Waals surface area contributed by atoms with Crippen LogP contribution in [0.25, 0.3) is 0 Å². The highest BCUT2D eigenvalue weighted by Crippen LogP contribution is 2.24. The van der Waals surface area contributed by atoms with Crippen LogP contribution in [0.5, 0.6) is 0 Å². The fourth-order valence-electron chi connectivity index (χ4n) is 2.62. The molecule has 1 aliphatic carbocycles. The van der Waals surface area contributed by atoms with Crippen LogP contribution in [0.3, 0.4) is 0 Å². The van der Waals surface area contributed by atoms with Crippen LogP contribution in [0.2, 0.25) is 5.02 Å². The van der Waals surface area contributed by atoms with Crippen molar-refractivity contribution in [3.05, 3.63) is 28.8 Å². The average molecular weight is 332 g/mol. The molecule has 0 aromatic heterocycles. The molecular formula is C15H22ClNO3S. The molecule has 1 fully saturated rings. The summed E-state index contributed by atoms with van der Waals surface area (Å²) in [6.07, 6.45) is 6.43. The lowest BCUT2D eigenvalue weighted by Gasteiger charge is -2.13. The first-order valence-corrected chi connectivity index (χ1v) is 9.55. The Bertz CT molecular complexity index is 568. The van der Waals surface area contributed by atoms with E-state index < -0.39 is 9.84 Å². The lowest BCUT2D eigenvalue weighted by molar-refractivity contribution is 0.0602. The van der Waals surface area contributed by atoms with Gasteiger partial charge in [-0.15, -0.1) is 0 Å². The second-order valence-corrected chi connectivity index (χ2v) is 7.83. The lowest BCUT2D eigenvalue weighted by Crippen LogP contribution is -2.23. The molecule has 0 amide bonds. The molecule has 0 bridgehead atoms. The van der Waals surface area contributed by atoms with Crippen molar-refractivity contribution in [2.75, 3.05) is 19.4 Å². The van der Waals surface area contributed by atoms with Crippen molar-refractivity contribution in [1.82, 2.24) is 5.32 Å². The van der Waals surface area contributed by atoms with E-state index in [1.54, 1.807) is 18.2 Å². The highest BCUT2D eigenvalue weighted by molar-refractivity contribution is 7.90. The van der Waals surface area contributed by atoms with Gasteiger partial charge in [-0.2, -0.15) is 0 Å². The molecule has 1 aromatic carbocycles. The molecule has 1 saturated carbocycles. The monoisotopic (exact) mass is 331 g/mol. The molecule has 0 heterocycles. The zero-order chi connectivity index (χ0) is 15.3. The molecule has 2 rings (SSSR count). The standard InChI is InChI=1S/C15H22ClNO3S/c1-21(18,19)15-8-4-7-14(16)13(15)11-17-9-10-20-12-5-2-3-6-12/h4,7-8,12,17H,2-3,5-6,9-11H2,1H3. The van der Waals surface area contributed by atoms with Crippen LogP contribution in [-0.2, 0) is 21.1 Å². The Kier molecular flexibility index (Phi) is 6.05. The maximum Gasteiger partial charge on any atom is 0.175 e. The molecule has 6 heteroatoms. The predicted molar refractivity (Wildman–Crippen MR) is 84.5 cm³/mol. The van der Waals surface area contributed by atoms with E-state index in [1.807, 2.05) is 0 Å². The van der Waals surface area contributed by atoms with Crippen molar-refractivity contribution < 1.29 is 13.2 Å². The van der Waals surface area contributed by atoms with E-state index in [0.717, 1.165) is 12.8 Å². The van der Waals surface area contributed by atoms with Crippen molar-refractivity contribution in [3.63, 3.8) is 0 Å². The third kappa shape index (κ3) is 4.95. The highest BCUT2D eigenvalue weighted by atomic mass is 35.5. The zero-order valence-corrected chi connectivity index (χ0v) is 13.8. The number of rotatable bonds is 7. The van der Waals surface area contributed by atoms with Crippen molar-refractivity contribution >= 4 is 21.4 Å². The van der Waals surface area contributed by atoms with Gasteiger partial charge in [-0.1, -0.05) is 30.5 Å². The fraction of sp³-hybridized carbons (Fsp3) is 0.600. The molecule has 0 unspecified atom stereocenters. The number of halogens is 1. The quantitative estimate of drug-likeness (QED) is 0.781. The zero-order valence-electron chi connectivity index (χ0n) is 12.3. The van der Waals surface area contributed by atoms with Crippen LogP contribution >= 0.6 is 11.6 Å². The van der Waals surface area contributed by atoms with Crippen LogP contribution in [0.15, 0.2) is 23.1 Å². The van der Waals surface area contributed by atoms with Gasteiger partial charge in [0.05, 0.1) is 17.6 Å². The first-order valence-electron chi connectivity index (χ1n) is 7.28. The van der Waals surface area contributed by atoms with Gasteiger partial charge in [0.1, 0.15) is 0 Å². The summed E-state index contributed by atoms with van der Waals surface area (Å²) in [6, 6.07) is 4.96. The SMILES string of the molecule is CS(=O)(=O)c1cccc(Cl)c1CNCCOC1CCCC1.